The maximum absolute atomic E-state index is 11.1. The lowest BCUT2D eigenvalue weighted by atomic mass is 10.4. The summed E-state index contributed by atoms with van der Waals surface area (Å²) in [5.41, 5.74) is 0.902. The maximum atomic E-state index is 11.1. The molecule has 1 rings (SSSR count). The number of anilines is 1. The van der Waals surface area contributed by atoms with E-state index in [1.165, 1.54) is 0 Å². The fourth-order valence-electron chi connectivity index (χ4n) is 1.22. The number of carbonyl (C=O) groups is 1. The Hall–Kier alpha value is -1.65. The van der Waals surface area contributed by atoms with Gasteiger partial charge in [-0.1, -0.05) is 6.92 Å². The number of carbonyl (C=O) groups excluding carboxylic acids is 1. The summed E-state index contributed by atoms with van der Waals surface area (Å²) in [7, 11) is 3.85. The van der Waals surface area contributed by atoms with Crippen LogP contribution in [0.25, 0.3) is 0 Å². The van der Waals surface area contributed by atoms with Crippen molar-refractivity contribution >= 4 is 11.7 Å². The minimum atomic E-state index is 0.0107. The number of amides is 1. The van der Waals surface area contributed by atoms with Crippen LogP contribution in [0.4, 0.5) is 5.82 Å². The summed E-state index contributed by atoms with van der Waals surface area (Å²) in [5, 5.41) is 2.76. The van der Waals surface area contributed by atoms with Gasteiger partial charge in [-0.05, 0) is 6.92 Å². The third-order valence-corrected chi connectivity index (χ3v) is 2.11. The SMILES string of the molecule is CCC(=O)NCc1nc(C)cc(N(C)C)n1. The number of nitrogens with zero attached hydrogens (tertiary/aromatic N) is 3. The van der Waals surface area contributed by atoms with Crippen molar-refractivity contribution in [2.24, 2.45) is 0 Å². The Morgan fingerprint density at radius 3 is 2.69 bits per heavy atom. The van der Waals surface area contributed by atoms with Crippen molar-refractivity contribution in [3.63, 3.8) is 0 Å². The van der Waals surface area contributed by atoms with E-state index in [-0.39, 0.29) is 5.91 Å². The van der Waals surface area contributed by atoms with Crippen molar-refractivity contribution in [2.75, 3.05) is 19.0 Å². The van der Waals surface area contributed by atoms with Gasteiger partial charge in [-0.15, -0.1) is 0 Å². The van der Waals surface area contributed by atoms with Gasteiger partial charge in [0.15, 0.2) is 0 Å². The van der Waals surface area contributed by atoms with E-state index in [1.807, 2.05) is 38.9 Å². The monoisotopic (exact) mass is 222 g/mol. The Morgan fingerprint density at radius 2 is 2.12 bits per heavy atom. The average molecular weight is 222 g/mol. The highest BCUT2D eigenvalue weighted by molar-refractivity contribution is 5.75. The topological polar surface area (TPSA) is 58.1 Å². The standard InChI is InChI=1S/C11H18N4O/c1-5-11(16)12-7-9-13-8(2)6-10(14-9)15(3)4/h6H,5,7H2,1-4H3,(H,12,16). The molecule has 0 atom stereocenters. The van der Waals surface area contributed by atoms with E-state index >= 15 is 0 Å². The Labute approximate surface area is 95.9 Å². The zero-order valence-corrected chi connectivity index (χ0v) is 10.2. The van der Waals surface area contributed by atoms with E-state index < -0.39 is 0 Å². The van der Waals surface area contributed by atoms with E-state index in [4.69, 9.17) is 0 Å². The second-order valence-corrected chi connectivity index (χ2v) is 3.81. The molecule has 1 N–H and O–H groups in total. The highest BCUT2D eigenvalue weighted by atomic mass is 16.1. The number of aryl methyl sites for hydroxylation is 1. The number of hydrogen-bond donors (Lipinski definition) is 1. The van der Waals surface area contributed by atoms with Gasteiger partial charge in [0.2, 0.25) is 5.91 Å². The van der Waals surface area contributed by atoms with Crippen LogP contribution >= 0.6 is 0 Å². The minimum absolute atomic E-state index is 0.0107. The predicted molar refractivity (Wildman–Crippen MR) is 63.2 cm³/mol. The van der Waals surface area contributed by atoms with Gasteiger partial charge >= 0.3 is 0 Å². The van der Waals surface area contributed by atoms with Crippen LogP contribution in [0, 0.1) is 6.92 Å². The van der Waals surface area contributed by atoms with Gasteiger partial charge < -0.3 is 10.2 Å². The van der Waals surface area contributed by atoms with Crippen LogP contribution in [0.5, 0.6) is 0 Å². The van der Waals surface area contributed by atoms with Crippen LogP contribution in [-0.2, 0) is 11.3 Å². The summed E-state index contributed by atoms with van der Waals surface area (Å²) in [6.07, 6.45) is 0.479. The molecule has 0 aromatic carbocycles. The lowest BCUT2D eigenvalue weighted by Gasteiger charge is -2.13. The van der Waals surface area contributed by atoms with E-state index in [0.717, 1.165) is 11.5 Å². The molecule has 0 fully saturated rings. The van der Waals surface area contributed by atoms with Crippen LogP contribution in [0.3, 0.4) is 0 Å². The second-order valence-electron chi connectivity index (χ2n) is 3.81. The highest BCUT2D eigenvalue weighted by Gasteiger charge is 2.05. The number of hydrogen-bond acceptors (Lipinski definition) is 4. The molecule has 16 heavy (non-hydrogen) atoms. The van der Waals surface area contributed by atoms with Crippen molar-refractivity contribution in [1.29, 1.82) is 0 Å². The van der Waals surface area contributed by atoms with Crippen LogP contribution in [0.2, 0.25) is 0 Å². The zero-order valence-electron chi connectivity index (χ0n) is 10.2. The van der Waals surface area contributed by atoms with Crippen LogP contribution in [0.15, 0.2) is 6.07 Å². The van der Waals surface area contributed by atoms with Crippen molar-refractivity contribution in [1.82, 2.24) is 15.3 Å². The molecule has 5 heteroatoms. The Morgan fingerprint density at radius 1 is 1.44 bits per heavy atom. The number of rotatable bonds is 4. The summed E-state index contributed by atoms with van der Waals surface area (Å²) < 4.78 is 0. The van der Waals surface area contributed by atoms with Gasteiger partial charge in [-0.25, -0.2) is 9.97 Å². The molecule has 0 spiro atoms. The second kappa shape index (κ2) is 5.44. The van der Waals surface area contributed by atoms with Gasteiger partial charge in [-0.2, -0.15) is 0 Å². The molecule has 0 bridgehead atoms. The largest absolute Gasteiger partial charge is 0.363 e. The van der Waals surface area contributed by atoms with Crippen LogP contribution < -0.4 is 10.2 Å². The van der Waals surface area contributed by atoms with Gasteiger partial charge in [-0.3, -0.25) is 4.79 Å². The van der Waals surface area contributed by atoms with Crippen molar-refractivity contribution in [3.8, 4) is 0 Å². The first kappa shape index (κ1) is 12.4. The molecule has 0 aliphatic heterocycles. The van der Waals surface area contributed by atoms with E-state index in [1.54, 1.807) is 0 Å². The lowest BCUT2D eigenvalue weighted by Crippen LogP contribution is -2.23. The smallest absolute Gasteiger partial charge is 0.220 e. The molecule has 0 radical (unpaired) electrons. The van der Waals surface area contributed by atoms with E-state index in [2.05, 4.69) is 15.3 Å². The zero-order chi connectivity index (χ0) is 12.1. The average Bonchev–Trinajstić information content (AvgIpc) is 2.25. The molecule has 0 saturated heterocycles. The molecule has 0 saturated carbocycles. The summed E-state index contributed by atoms with van der Waals surface area (Å²) in [6, 6.07) is 1.91. The molecule has 88 valence electrons. The van der Waals surface area contributed by atoms with Crippen molar-refractivity contribution in [3.05, 3.63) is 17.6 Å². The van der Waals surface area contributed by atoms with E-state index in [9.17, 15) is 4.79 Å². The Balaban J connectivity index is 2.76. The summed E-state index contributed by atoms with van der Waals surface area (Å²) in [6.45, 7) is 4.12. The molecule has 1 heterocycles. The maximum Gasteiger partial charge on any atom is 0.220 e. The third kappa shape index (κ3) is 3.49. The molecular formula is C11H18N4O. The third-order valence-electron chi connectivity index (χ3n) is 2.11. The van der Waals surface area contributed by atoms with Crippen LogP contribution in [-0.4, -0.2) is 30.0 Å². The minimum Gasteiger partial charge on any atom is -0.363 e. The van der Waals surface area contributed by atoms with Gasteiger partial charge in [0.05, 0.1) is 6.54 Å². The van der Waals surface area contributed by atoms with Crippen LogP contribution in [0.1, 0.15) is 24.9 Å². The van der Waals surface area contributed by atoms with Gasteiger partial charge in [0, 0.05) is 32.3 Å². The molecule has 1 amide bonds. The first-order valence-corrected chi connectivity index (χ1v) is 5.31. The number of nitrogens with one attached hydrogen (secondary N) is 1. The predicted octanol–water partition coefficient (Wildman–Crippen LogP) is 0.877. The van der Waals surface area contributed by atoms with Crippen molar-refractivity contribution in [2.45, 2.75) is 26.8 Å². The normalized spacial score (nSPS) is 10.0. The molecule has 0 aliphatic carbocycles. The molecular weight excluding hydrogens is 204 g/mol. The fraction of sp³-hybridized carbons (Fsp3) is 0.545. The summed E-state index contributed by atoms with van der Waals surface area (Å²) >= 11 is 0. The van der Waals surface area contributed by atoms with Gasteiger partial charge in [0.25, 0.3) is 0 Å². The number of aromatic nitrogens is 2. The first-order valence-electron chi connectivity index (χ1n) is 5.31. The fourth-order valence-corrected chi connectivity index (χ4v) is 1.22. The first-order chi connectivity index (χ1) is 7.52. The Kier molecular flexibility index (Phi) is 4.22. The molecule has 5 nitrogen and oxygen atoms in total. The molecule has 0 unspecified atom stereocenters. The highest BCUT2D eigenvalue weighted by Crippen LogP contribution is 2.08. The summed E-state index contributed by atoms with van der Waals surface area (Å²) in [5.74, 6) is 1.51. The van der Waals surface area contributed by atoms with Gasteiger partial charge in [0.1, 0.15) is 11.6 Å². The van der Waals surface area contributed by atoms with Crippen molar-refractivity contribution < 1.29 is 4.79 Å². The van der Waals surface area contributed by atoms with E-state index in [0.29, 0.717) is 18.8 Å². The molecule has 1 aromatic rings. The molecule has 0 aliphatic rings. The lowest BCUT2D eigenvalue weighted by molar-refractivity contribution is -0.120. The Bertz CT molecular complexity index is 376. The molecule has 1 aromatic heterocycles. The quantitative estimate of drug-likeness (QED) is 0.821. The summed E-state index contributed by atoms with van der Waals surface area (Å²) in [4.78, 5) is 21.6.